The van der Waals surface area contributed by atoms with E-state index in [1.165, 1.54) is 6.07 Å². The molecule has 0 fully saturated rings. The average molecular weight is 282 g/mol. The highest BCUT2D eigenvalue weighted by Gasteiger charge is 2.19. The first-order valence-electron chi connectivity index (χ1n) is 6.52. The molecule has 0 aliphatic heterocycles. The van der Waals surface area contributed by atoms with Crippen molar-refractivity contribution >= 4 is 16.9 Å². The number of hydrogen-bond donors (Lipinski definition) is 2. The maximum atomic E-state index is 11.5. The molecule has 0 unspecified atom stereocenters. The molecule has 0 amide bonds. The smallest absolute Gasteiger partial charge is 0.338 e. The number of phenolic OH excluding ortho intramolecular Hbond substituents is 1. The van der Waals surface area contributed by atoms with E-state index in [0.717, 1.165) is 11.1 Å². The van der Waals surface area contributed by atoms with Gasteiger partial charge in [-0.3, -0.25) is 4.98 Å². The SMILES string of the molecule is Cc1c(C(=O)O)c2cc(O)ccc2n1Cc1cccnc1. The van der Waals surface area contributed by atoms with Crippen LogP contribution in [0.4, 0.5) is 0 Å². The first-order chi connectivity index (χ1) is 10.1. The van der Waals surface area contributed by atoms with Gasteiger partial charge < -0.3 is 14.8 Å². The zero-order valence-electron chi connectivity index (χ0n) is 11.4. The minimum absolute atomic E-state index is 0.0588. The first kappa shape index (κ1) is 13.2. The second-order valence-electron chi connectivity index (χ2n) is 4.91. The molecule has 0 radical (unpaired) electrons. The molecule has 0 aliphatic rings. The summed E-state index contributed by atoms with van der Waals surface area (Å²) >= 11 is 0. The van der Waals surface area contributed by atoms with Gasteiger partial charge in [-0.1, -0.05) is 6.07 Å². The van der Waals surface area contributed by atoms with Gasteiger partial charge in [-0.05, 0) is 36.8 Å². The summed E-state index contributed by atoms with van der Waals surface area (Å²) in [5.41, 5.74) is 2.66. The number of aromatic carboxylic acids is 1. The van der Waals surface area contributed by atoms with Crippen LogP contribution in [-0.2, 0) is 6.54 Å². The number of fused-ring (bicyclic) bond motifs is 1. The lowest BCUT2D eigenvalue weighted by molar-refractivity contribution is 0.0698. The van der Waals surface area contributed by atoms with Crippen molar-refractivity contribution in [2.24, 2.45) is 0 Å². The summed E-state index contributed by atoms with van der Waals surface area (Å²) in [6.07, 6.45) is 3.46. The van der Waals surface area contributed by atoms with E-state index < -0.39 is 5.97 Å². The van der Waals surface area contributed by atoms with Gasteiger partial charge in [0.15, 0.2) is 0 Å². The fourth-order valence-electron chi connectivity index (χ4n) is 2.62. The number of rotatable bonds is 3. The van der Waals surface area contributed by atoms with Crippen LogP contribution < -0.4 is 0 Å². The van der Waals surface area contributed by atoms with Crippen LogP contribution in [0.1, 0.15) is 21.6 Å². The van der Waals surface area contributed by atoms with Gasteiger partial charge in [0.1, 0.15) is 5.75 Å². The Morgan fingerprint density at radius 1 is 1.33 bits per heavy atom. The predicted octanol–water partition coefficient (Wildman–Crippen LogP) is 2.80. The van der Waals surface area contributed by atoms with E-state index in [2.05, 4.69) is 4.98 Å². The zero-order valence-corrected chi connectivity index (χ0v) is 11.4. The summed E-state index contributed by atoms with van der Waals surface area (Å²) in [4.78, 5) is 15.6. The van der Waals surface area contributed by atoms with Gasteiger partial charge in [-0.15, -0.1) is 0 Å². The third-order valence-corrected chi connectivity index (χ3v) is 3.58. The molecule has 0 bridgehead atoms. The number of hydrogen-bond acceptors (Lipinski definition) is 3. The molecule has 2 aromatic heterocycles. The van der Waals surface area contributed by atoms with Gasteiger partial charge in [-0.25, -0.2) is 4.79 Å². The van der Waals surface area contributed by atoms with Crippen molar-refractivity contribution in [1.82, 2.24) is 9.55 Å². The van der Waals surface area contributed by atoms with Crippen molar-refractivity contribution in [2.75, 3.05) is 0 Å². The normalized spacial score (nSPS) is 10.9. The summed E-state index contributed by atoms with van der Waals surface area (Å²) in [5.74, 6) is -0.934. The van der Waals surface area contributed by atoms with Crippen molar-refractivity contribution in [3.8, 4) is 5.75 Å². The van der Waals surface area contributed by atoms with Crippen molar-refractivity contribution in [1.29, 1.82) is 0 Å². The van der Waals surface area contributed by atoms with E-state index in [1.54, 1.807) is 31.5 Å². The Balaban J connectivity index is 2.23. The molecule has 3 aromatic rings. The van der Waals surface area contributed by atoms with Gasteiger partial charge in [0.2, 0.25) is 0 Å². The highest BCUT2D eigenvalue weighted by molar-refractivity contribution is 6.05. The lowest BCUT2D eigenvalue weighted by Crippen LogP contribution is -2.04. The van der Waals surface area contributed by atoms with Gasteiger partial charge >= 0.3 is 5.97 Å². The number of carboxylic acid groups (broad SMARTS) is 1. The largest absolute Gasteiger partial charge is 0.508 e. The molecule has 2 N–H and O–H groups in total. The molecule has 1 aromatic carbocycles. The van der Waals surface area contributed by atoms with Crippen LogP contribution in [0, 0.1) is 6.92 Å². The molecule has 0 spiro atoms. The topological polar surface area (TPSA) is 75.3 Å². The molecule has 21 heavy (non-hydrogen) atoms. The van der Waals surface area contributed by atoms with Crippen LogP contribution in [0.2, 0.25) is 0 Å². The lowest BCUT2D eigenvalue weighted by atomic mass is 10.1. The molecule has 0 aliphatic carbocycles. The van der Waals surface area contributed by atoms with Crippen LogP contribution in [-0.4, -0.2) is 25.7 Å². The third-order valence-electron chi connectivity index (χ3n) is 3.58. The number of carbonyl (C=O) groups is 1. The van der Waals surface area contributed by atoms with Crippen LogP contribution in [0.5, 0.6) is 5.75 Å². The number of carboxylic acids is 1. The molecular formula is C16H14N2O3. The molecular weight excluding hydrogens is 268 g/mol. The Bertz CT molecular complexity index is 822. The Kier molecular flexibility index (Phi) is 3.10. The van der Waals surface area contributed by atoms with Crippen molar-refractivity contribution < 1.29 is 15.0 Å². The van der Waals surface area contributed by atoms with Crippen molar-refractivity contribution in [3.05, 3.63) is 59.5 Å². The zero-order chi connectivity index (χ0) is 15.0. The number of phenols is 1. The molecule has 106 valence electrons. The lowest BCUT2D eigenvalue weighted by Gasteiger charge is -2.08. The predicted molar refractivity (Wildman–Crippen MR) is 78.6 cm³/mol. The van der Waals surface area contributed by atoms with E-state index in [-0.39, 0.29) is 11.3 Å². The van der Waals surface area contributed by atoms with Crippen molar-refractivity contribution in [2.45, 2.75) is 13.5 Å². The minimum atomic E-state index is -0.993. The Morgan fingerprint density at radius 2 is 2.14 bits per heavy atom. The Labute approximate surface area is 121 Å². The van der Waals surface area contributed by atoms with E-state index >= 15 is 0 Å². The van der Waals surface area contributed by atoms with Crippen LogP contribution >= 0.6 is 0 Å². The molecule has 0 saturated heterocycles. The third kappa shape index (κ3) is 2.23. The Morgan fingerprint density at radius 3 is 2.81 bits per heavy atom. The van der Waals surface area contributed by atoms with Gasteiger partial charge in [-0.2, -0.15) is 0 Å². The number of nitrogens with zero attached hydrogens (tertiary/aromatic N) is 2. The maximum absolute atomic E-state index is 11.5. The summed E-state index contributed by atoms with van der Waals surface area (Å²) in [5, 5.41) is 19.6. The highest BCUT2D eigenvalue weighted by Crippen LogP contribution is 2.29. The first-order valence-corrected chi connectivity index (χ1v) is 6.52. The average Bonchev–Trinajstić information content (AvgIpc) is 2.72. The van der Waals surface area contributed by atoms with E-state index in [9.17, 15) is 15.0 Å². The minimum Gasteiger partial charge on any atom is -0.508 e. The summed E-state index contributed by atoms with van der Waals surface area (Å²) in [7, 11) is 0. The quantitative estimate of drug-likeness (QED) is 0.774. The second kappa shape index (κ2) is 4.94. The summed E-state index contributed by atoms with van der Waals surface area (Å²) in [6.45, 7) is 2.31. The monoisotopic (exact) mass is 282 g/mol. The molecule has 5 nitrogen and oxygen atoms in total. The van der Waals surface area contributed by atoms with Gasteiger partial charge in [0, 0.05) is 35.5 Å². The maximum Gasteiger partial charge on any atom is 0.338 e. The van der Waals surface area contributed by atoms with E-state index in [4.69, 9.17) is 0 Å². The number of aromatic nitrogens is 2. The standard InChI is InChI=1S/C16H14N2O3/c1-10-15(16(20)21)13-7-12(19)4-5-14(13)18(10)9-11-3-2-6-17-8-11/h2-8,19H,9H2,1H3,(H,20,21). The molecule has 0 atom stereocenters. The highest BCUT2D eigenvalue weighted by atomic mass is 16.4. The number of pyridine rings is 1. The van der Waals surface area contributed by atoms with E-state index in [0.29, 0.717) is 17.6 Å². The van der Waals surface area contributed by atoms with Gasteiger partial charge in [0.25, 0.3) is 0 Å². The molecule has 5 heteroatoms. The van der Waals surface area contributed by atoms with Crippen LogP contribution in [0.15, 0.2) is 42.7 Å². The fourth-order valence-corrected chi connectivity index (χ4v) is 2.62. The second-order valence-corrected chi connectivity index (χ2v) is 4.91. The van der Waals surface area contributed by atoms with Gasteiger partial charge in [0.05, 0.1) is 5.56 Å². The fraction of sp³-hybridized carbons (Fsp3) is 0.125. The molecule has 0 saturated carbocycles. The molecule has 3 rings (SSSR count). The number of benzene rings is 1. The van der Waals surface area contributed by atoms with Crippen molar-refractivity contribution in [3.63, 3.8) is 0 Å². The molecule has 2 heterocycles. The Hall–Kier alpha value is -2.82. The van der Waals surface area contributed by atoms with E-state index in [1.807, 2.05) is 16.7 Å². The van der Waals surface area contributed by atoms with Crippen LogP contribution in [0.25, 0.3) is 10.9 Å². The number of aromatic hydroxyl groups is 1. The summed E-state index contributed by atoms with van der Waals surface area (Å²) < 4.78 is 1.93. The van der Waals surface area contributed by atoms with Crippen LogP contribution in [0.3, 0.4) is 0 Å². The summed E-state index contributed by atoms with van der Waals surface area (Å²) in [6, 6.07) is 8.58.